The quantitative estimate of drug-likeness (QED) is 0.0911. The first kappa shape index (κ1) is 36.8. The Morgan fingerprint density at radius 2 is 1.62 bits per heavy atom. The lowest BCUT2D eigenvalue weighted by atomic mass is 10.0. The standard InChI is InChI=1S/C40H42N4O9/c1-24-13-12-18-30(49-20-19-41-39(48)53-40(3,4)5)32(24)29-21-28-22-44(38(47)43-34(28)42-29)35-25(2)33(52-37(46)27-16-10-7-11-17-27)31(51-35)23-50-36(45)26-14-8-6-9-15-26/h6-18,21-22,25,31,33,35H,19-20,23H2,1-5H3,(H,41,48)(H,42,43,47). The summed E-state index contributed by atoms with van der Waals surface area (Å²) in [6, 6.07) is 24.6. The van der Waals surface area contributed by atoms with E-state index in [9.17, 15) is 19.2 Å². The summed E-state index contributed by atoms with van der Waals surface area (Å²) >= 11 is 0. The van der Waals surface area contributed by atoms with Crippen molar-refractivity contribution in [3.05, 3.63) is 118 Å². The fraction of sp³-hybridized carbons (Fsp3) is 0.325. The number of fused-ring (bicyclic) bond motifs is 1. The van der Waals surface area contributed by atoms with Gasteiger partial charge >= 0.3 is 23.7 Å². The molecule has 1 amide bonds. The Bertz CT molecular complexity index is 2140. The van der Waals surface area contributed by atoms with Gasteiger partial charge < -0.3 is 34.0 Å². The summed E-state index contributed by atoms with van der Waals surface area (Å²) in [6.45, 7) is 9.31. The zero-order valence-electron chi connectivity index (χ0n) is 30.2. The molecule has 276 valence electrons. The molecule has 1 saturated heterocycles. The number of nitrogens with zero attached hydrogens (tertiary/aromatic N) is 2. The summed E-state index contributed by atoms with van der Waals surface area (Å²) in [5, 5.41) is 3.31. The highest BCUT2D eigenvalue weighted by Crippen LogP contribution is 2.38. The monoisotopic (exact) mass is 722 g/mol. The molecule has 1 fully saturated rings. The van der Waals surface area contributed by atoms with Gasteiger partial charge in [0.05, 0.1) is 23.4 Å². The van der Waals surface area contributed by atoms with E-state index in [1.807, 2.05) is 31.2 Å². The van der Waals surface area contributed by atoms with Gasteiger partial charge in [0, 0.05) is 23.1 Å². The highest BCUT2D eigenvalue weighted by Gasteiger charge is 2.46. The number of alkyl carbamates (subject to hydrolysis) is 1. The van der Waals surface area contributed by atoms with E-state index in [1.165, 1.54) is 4.57 Å². The summed E-state index contributed by atoms with van der Waals surface area (Å²) in [6.07, 6.45) is -1.53. The number of H-pyrrole nitrogens is 1. The fourth-order valence-electron chi connectivity index (χ4n) is 6.16. The highest BCUT2D eigenvalue weighted by molar-refractivity contribution is 5.90. The number of carbonyl (C=O) groups excluding carboxylic acids is 3. The third kappa shape index (κ3) is 8.75. The lowest BCUT2D eigenvalue weighted by Crippen LogP contribution is -2.35. The Kier molecular flexibility index (Phi) is 10.9. The normalized spacial score (nSPS) is 18.4. The van der Waals surface area contributed by atoms with E-state index in [1.54, 1.807) is 94.6 Å². The summed E-state index contributed by atoms with van der Waals surface area (Å²) in [7, 11) is 0. The van der Waals surface area contributed by atoms with Crippen LogP contribution in [0.4, 0.5) is 4.79 Å². The van der Waals surface area contributed by atoms with Crippen molar-refractivity contribution >= 4 is 29.1 Å². The van der Waals surface area contributed by atoms with Crippen molar-refractivity contribution in [1.29, 1.82) is 0 Å². The molecule has 1 aliphatic rings. The molecule has 6 rings (SSSR count). The number of esters is 2. The number of aromatic amines is 1. The van der Waals surface area contributed by atoms with Crippen molar-refractivity contribution in [2.24, 2.45) is 5.92 Å². The number of ether oxygens (including phenoxy) is 5. The number of aromatic nitrogens is 3. The third-order valence-electron chi connectivity index (χ3n) is 8.63. The Morgan fingerprint density at radius 1 is 0.943 bits per heavy atom. The van der Waals surface area contributed by atoms with E-state index in [0.717, 1.165) is 11.1 Å². The summed E-state index contributed by atoms with van der Waals surface area (Å²) in [5.74, 6) is -1.10. The molecular weight excluding hydrogens is 680 g/mol. The first-order valence-electron chi connectivity index (χ1n) is 17.3. The number of carbonyl (C=O) groups is 3. The van der Waals surface area contributed by atoms with Gasteiger partial charge in [0.25, 0.3) is 0 Å². The van der Waals surface area contributed by atoms with Gasteiger partial charge in [-0.25, -0.2) is 19.2 Å². The third-order valence-corrected chi connectivity index (χ3v) is 8.63. The van der Waals surface area contributed by atoms with Crippen LogP contribution in [0.3, 0.4) is 0 Å². The molecule has 53 heavy (non-hydrogen) atoms. The van der Waals surface area contributed by atoms with Crippen LogP contribution in [0.2, 0.25) is 0 Å². The zero-order chi connectivity index (χ0) is 37.7. The molecule has 0 spiro atoms. The van der Waals surface area contributed by atoms with E-state index in [4.69, 9.17) is 23.7 Å². The molecule has 0 radical (unpaired) electrons. The number of rotatable bonds is 11. The van der Waals surface area contributed by atoms with E-state index in [2.05, 4.69) is 15.3 Å². The molecule has 3 heterocycles. The van der Waals surface area contributed by atoms with Crippen LogP contribution >= 0.6 is 0 Å². The van der Waals surface area contributed by atoms with Gasteiger partial charge in [-0.05, 0) is 69.7 Å². The summed E-state index contributed by atoms with van der Waals surface area (Å²) in [4.78, 5) is 59.2. The van der Waals surface area contributed by atoms with E-state index < -0.39 is 53.7 Å². The number of amides is 1. The van der Waals surface area contributed by atoms with Crippen molar-refractivity contribution in [1.82, 2.24) is 19.9 Å². The van der Waals surface area contributed by atoms with Crippen LogP contribution in [0.5, 0.6) is 5.75 Å². The summed E-state index contributed by atoms with van der Waals surface area (Å²) in [5.41, 5.74) is 2.20. The van der Waals surface area contributed by atoms with Crippen LogP contribution in [0.25, 0.3) is 22.3 Å². The van der Waals surface area contributed by atoms with Gasteiger partial charge in [-0.1, -0.05) is 55.5 Å². The SMILES string of the molecule is Cc1cccc(OCCNC(=O)OC(C)(C)C)c1-c1cc2cn(C3OC(COC(=O)c4ccccc4)C(OC(=O)c4ccccc4)C3C)c(=O)nc2[nH]1. The van der Waals surface area contributed by atoms with Crippen LogP contribution in [-0.4, -0.2) is 70.1 Å². The Morgan fingerprint density at radius 3 is 2.30 bits per heavy atom. The molecule has 4 unspecified atom stereocenters. The minimum atomic E-state index is -0.901. The molecule has 2 aromatic heterocycles. The lowest BCUT2D eigenvalue weighted by molar-refractivity contribution is -0.0586. The number of hydrogen-bond donors (Lipinski definition) is 2. The van der Waals surface area contributed by atoms with Crippen LogP contribution in [0.1, 0.15) is 60.2 Å². The second-order valence-electron chi connectivity index (χ2n) is 13.8. The minimum absolute atomic E-state index is 0.188. The van der Waals surface area contributed by atoms with E-state index in [-0.39, 0.29) is 19.8 Å². The van der Waals surface area contributed by atoms with Gasteiger partial charge in [0.2, 0.25) is 0 Å². The molecular formula is C40H42N4O9. The first-order valence-corrected chi connectivity index (χ1v) is 17.3. The first-order chi connectivity index (χ1) is 25.4. The van der Waals surface area contributed by atoms with Crippen molar-refractivity contribution in [2.75, 3.05) is 19.8 Å². The fourth-order valence-corrected chi connectivity index (χ4v) is 6.16. The minimum Gasteiger partial charge on any atom is -0.491 e. The van der Waals surface area contributed by atoms with Gasteiger partial charge in [-0.3, -0.25) is 4.57 Å². The van der Waals surface area contributed by atoms with Crippen molar-refractivity contribution in [3.63, 3.8) is 0 Å². The molecule has 1 aliphatic heterocycles. The molecule has 13 nitrogen and oxygen atoms in total. The zero-order valence-corrected chi connectivity index (χ0v) is 30.2. The second kappa shape index (κ2) is 15.7. The Balaban J connectivity index is 1.23. The van der Waals surface area contributed by atoms with Crippen LogP contribution in [-0.2, 0) is 18.9 Å². The van der Waals surface area contributed by atoms with Crippen LogP contribution in [0.15, 0.2) is 95.9 Å². The maximum atomic E-state index is 13.6. The molecule has 13 heteroatoms. The number of aryl methyl sites for hydroxylation is 1. The van der Waals surface area contributed by atoms with Crippen LogP contribution in [0, 0.1) is 12.8 Å². The molecule has 0 saturated carbocycles. The number of hydrogen-bond acceptors (Lipinski definition) is 10. The maximum Gasteiger partial charge on any atom is 0.407 e. The van der Waals surface area contributed by atoms with Gasteiger partial charge in [-0.15, -0.1) is 0 Å². The van der Waals surface area contributed by atoms with Crippen molar-refractivity contribution in [2.45, 2.75) is 58.7 Å². The molecule has 5 aromatic rings. The lowest BCUT2D eigenvalue weighted by Gasteiger charge is -2.21. The molecule has 0 bridgehead atoms. The molecule has 2 N–H and O–H groups in total. The Hall–Kier alpha value is -5.95. The van der Waals surface area contributed by atoms with E-state index >= 15 is 0 Å². The maximum absolute atomic E-state index is 13.6. The second-order valence-corrected chi connectivity index (χ2v) is 13.8. The topological polar surface area (TPSA) is 160 Å². The molecule has 3 aromatic carbocycles. The van der Waals surface area contributed by atoms with E-state index in [0.29, 0.717) is 33.6 Å². The van der Waals surface area contributed by atoms with Crippen molar-refractivity contribution < 1.29 is 38.1 Å². The summed E-state index contributed by atoms with van der Waals surface area (Å²) < 4.78 is 30.6. The predicted molar refractivity (Wildman–Crippen MR) is 196 cm³/mol. The van der Waals surface area contributed by atoms with Crippen LogP contribution < -0.4 is 15.7 Å². The average Bonchev–Trinajstić information content (AvgIpc) is 3.67. The number of nitrogens with one attached hydrogen (secondary N) is 2. The smallest absolute Gasteiger partial charge is 0.407 e. The van der Waals surface area contributed by atoms with Crippen molar-refractivity contribution in [3.8, 4) is 17.0 Å². The number of benzene rings is 3. The predicted octanol–water partition coefficient (Wildman–Crippen LogP) is 6.22. The highest BCUT2D eigenvalue weighted by atomic mass is 16.6. The molecule has 4 atom stereocenters. The Labute approximate surface area is 306 Å². The van der Waals surface area contributed by atoms with Gasteiger partial charge in [-0.2, -0.15) is 4.98 Å². The van der Waals surface area contributed by atoms with Gasteiger partial charge in [0.1, 0.15) is 48.6 Å². The molecule has 0 aliphatic carbocycles. The average molecular weight is 723 g/mol. The largest absolute Gasteiger partial charge is 0.491 e. The van der Waals surface area contributed by atoms with Gasteiger partial charge in [0.15, 0.2) is 0 Å².